The first kappa shape index (κ1) is 28.8. The number of amides is 1. The Morgan fingerprint density at radius 3 is 2.08 bits per heavy atom. The second-order valence-electron chi connectivity index (χ2n) is 8.45. The highest BCUT2D eigenvalue weighted by atomic mass is 35.5. The molecule has 0 unspecified atom stereocenters. The van der Waals surface area contributed by atoms with Crippen molar-refractivity contribution in [2.45, 2.75) is 21.1 Å². The van der Waals surface area contributed by atoms with Crippen molar-refractivity contribution in [3.8, 4) is 0 Å². The molecule has 0 saturated carbocycles. The Morgan fingerprint density at radius 2 is 1.46 bits per heavy atom. The average Bonchev–Trinajstić information content (AvgIpc) is 2.91. The van der Waals surface area contributed by atoms with Crippen LogP contribution in [0.3, 0.4) is 0 Å². The molecule has 1 fully saturated rings. The fourth-order valence-electron chi connectivity index (χ4n) is 3.91. The molecule has 204 valence electrons. The number of benzene rings is 3. The van der Waals surface area contributed by atoms with Crippen molar-refractivity contribution in [1.82, 2.24) is 9.21 Å². The van der Waals surface area contributed by atoms with Gasteiger partial charge in [0.05, 0.1) is 21.3 Å². The van der Waals surface area contributed by atoms with Crippen LogP contribution in [-0.4, -0.2) is 59.6 Å². The van der Waals surface area contributed by atoms with Crippen molar-refractivity contribution < 1.29 is 23.1 Å². The number of carbonyl (C=O) groups is 1. The summed E-state index contributed by atoms with van der Waals surface area (Å²) in [7, 11) is -4.18. The zero-order chi connectivity index (χ0) is 28.3. The van der Waals surface area contributed by atoms with E-state index in [4.69, 9.17) is 23.2 Å². The number of non-ortho nitro benzene ring substituents is 2. The van der Waals surface area contributed by atoms with Crippen LogP contribution < -0.4 is 0 Å². The summed E-state index contributed by atoms with van der Waals surface area (Å²) in [5.74, 6) is -0.247. The molecule has 1 saturated heterocycles. The molecular weight excluding hydrogens is 591 g/mol. The average molecular weight is 611 g/mol. The van der Waals surface area contributed by atoms with Crippen LogP contribution in [0.5, 0.6) is 0 Å². The molecule has 4 rings (SSSR count). The van der Waals surface area contributed by atoms with Crippen LogP contribution in [0, 0.1) is 20.2 Å². The Labute approximate surface area is 237 Å². The first-order valence-corrected chi connectivity index (χ1v) is 14.4. The van der Waals surface area contributed by atoms with Gasteiger partial charge < -0.3 is 4.90 Å². The summed E-state index contributed by atoms with van der Waals surface area (Å²) in [5, 5.41) is 23.0. The van der Waals surface area contributed by atoms with Gasteiger partial charge in [0.15, 0.2) is 0 Å². The van der Waals surface area contributed by atoms with E-state index < -0.39 is 19.9 Å². The van der Waals surface area contributed by atoms with E-state index >= 15 is 0 Å². The molecule has 1 amide bonds. The maximum absolute atomic E-state index is 13.7. The van der Waals surface area contributed by atoms with Gasteiger partial charge in [0.1, 0.15) is 4.90 Å². The molecule has 3 aromatic rings. The van der Waals surface area contributed by atoms with E-state index in [1.165, 1.54) is 45.6 Å². The van der Waals surface area contributed by atoms with Gasteiger partial charge in [-0.15, -0.1) is 0 Å². The molecule has 0 atom stereocenters. The molecule has 11 nitrogen and oxygen atoms in total. The third-order valence-electron chi connectivity index (χ3n) is 5.96. The molecule has 1 aliphatic rings. The number of nitrogens with zero attached hydrogens (tertiary/aromatic N) is 4. The molecule has 0 aromatic heterocycles. The standard InChI is InChI=1S/C24H20Cl2N4O7S2/c25-17-3-7-20(26)22(14-17)38-21-8-6-19(30(34)35)15-23(21)39(36,37)28-11-9-27(10-12-28)24(31)13-16-1-4-18(5-2-16)29(32)33/h1-8,14-15H,9-13H2. The van der Waals surface area contributed by atoms with Gasteiger partial charge in [0.2, 0.25) is 15.9 Å². The van der Waals surface area contributed by atoms with Crippen LogP contribution in [0.15, 0.2) is 75.4 Å². The van der Waals surface area contributed by atoms with Crippen molar-refractivity contribution in [2.75, 3.05) is 26.2 Å². The minimum Gasteiger partial charge on any atom is -0.340 e. The topological polar surface area (TPSA) is 144 Å². The first-order chi connectivity index (χ1) is 18.5. The molecular formula is C24H20Cl2N4O7S2. The quantitative estimate of drug-likeness (QED) is 0.255. The molecule has 15 heteroatoms. The maximum atomic E-state index is 13.7. The van der Waals surface area contributed by atoms with Gasteiger partial charge in [-0.25, -0.2) is 8.42 Å². The fourth-order valence-corrected chi connectivity index (χ4v) is 7.22. The molecule has 0 radical (unpaired) electrons. The number of nitro groups is 2. The predicted molar refractivity (Wildman–Crippen MR) is 146 cm³/mol. The highest BCUT2D eigenvalue weighted by Crippen LogP contribution is 2.40. The first-order valence-electron chi connectivity index (χ1n) is 11.4. The Morgan fingerprint density at radius 1 is 0.846 bits per heavy atom. The number of rotatable bonds is 8. The minimum atomic E-state index is -4.18. The molecule has 0 bridgehead atoms. The molecule has 0 N–H and O–H groups in total. The van der Waals surface area contributed by atoms with E-state index in [2.05, 4.69) is 0 Å². The van der Waals surface area contributed by atoms with E-state index in [0.717, 1.165) is 17.8 Å². The lowest BCUT2D eigenvalue weighted by molar-refractivity contribution is -0.385. The lowest BCUT2D eigenvalue weighted by Gasteiger charge is -2.34. The Kier molecular flexibility index (Phi) is 8.76. The Bertz CT molecular complexity index is 1540. The van der Waals surface area contributed by atoms with E-state index in [1.54, 1.807) is 18.2 Å². The number of sulfonamides is 1. The van der Waals surface area contributed by atoms with Gasteiger partial charge in [-0.3, -0.25) is 25.0 Å². The van der Waals surface area contributed by atoms with Gasteiger partial charge >= 0.3 is 0 Å². The molecule has 1 aliphatic heterocycles. The summed E-state index contributed by atoms with van der Waals surface area (Å²) < 4.78 is 28.5. The van der Waals surface area contributed by atoms with E-state index in [1.807, 2.05) is 0 Å². The van der Waals surface area contributed by atoms with Crippen LogP contribution in [0.25, 0.3) is 0 Å². The second kappa shape index (κ2) is 11.9. The minimum absolute atomic E-state index is 0.0107. The Balaban J connectivity index is 1.51. The van der Waals surface area contributed by atoms with E-state index in [0.29, 0.717) is 20.5 Å². The van der Waals surface area contributed by atoms with Crippen molar-refractivity contribution in [3.05, 3.63) is 96.5 Å². The molecule has 0 aliphatic carbocycles. The lowest BCUT2D eigenvalue weighted by atomic mass is 10.1. The molecule has 39 heavy (non-hydrogen) atoms. The highest BCUT2D eigenvalue weighted by molar-refractivity contribution is 8.00. The third-order valence-corrected chi connectivity index (χ3v) is 9.84. The molecule has 3 aromatic carbocycles. The van der Waals surface area contributed by atoms with Crippen molar-refractivity contribution in [3.63, 3.8) is 0 Å². The van der Waals surface area contributed by atoms with Gasteiger partial charge in [-0.05, 0) is 29.8 Å². The number of hydrogen-bond donors (Lipinski definition) is 0. The number of halogens is 2. The number of piperazine rings is 1. The summed E-state index contributed by atoms with van der Waals surface area (Å²) in [6.07, 6.45) is 0.0107. The van der Waals surface area contributed by atoms with E-state index in [9.17, 15) is 33.4 Å². The van der Waals surface area contributed by atoms with E-state index in [-0.39, 0.29) is 59.7 Å². The fraction of sp³-hybridized carbons (Fsp3) is 0.208. The molecule has 0 spiro atoms. The maximum Gasteiger partial charge on any atom is 0.270 e. The largest absolute Gasteiger partial charge is 0.340 e. The van der Waals surface area contributed by atoms with Crippen molar-refractivity contribution >= 4 is 62.3 Å². The number of carbonyl (C=O) groups excluding carboxylic acids is 1. The summed E-state index contributed by atoms with van der Waals surface area (Å²) in [5.41, 5.74) is 0.131. The van der Waals surface area contributed by atoms with Gasteiger partial charge in [-0.1, -0.05) is 47.1 Å². The third kappa shape index (κ3) is 6.68. The Hall–Kier alpha value is -3.23. The number of hydrogen-bond acceptors (Lipinski definition) is 8. The van der Waals surface area contributed by atoms with Gasteiger partial charge in [-0.2, -0.15) is 4.31 Å². The summed E-state index contributed by atoms with van der Waals surface area (Å²) >= 11 is 13.3. The summed E-state index contributed by atoms with van der Waals surface area (Å²) in [4.78, 5) is 35.8. The monoisotopic (exact) mass is 610 g/mol. The predicted octanol–water partition coefficient (Wildman–Crippen LogP) is 5.04. The van der Waals surface area contributed by atoms with Crippen molar-refractivity contribution in [2.24, 2.45) is 0 Å². The normalized spacial score (nSPS) is 14.3. The van der Waals surface area contributed by atoms with Crippen LogP contribution >= 0.6 is 35.0 Å². The van der Waals surface area contributed by atoms with Crippen LogP contribution in [0.1, 0.15) is 5.56 Å². The highest BCUT2D eigenvalue weighted by Gasteiger charge is 2.33. The zero-order valence-electron chi connectivity index (χ0n) is 20.0. The van der Waals surface area contributed by atoms with Gasteiger partial charge in [0.25, 0.3) is 11.4 Å². The molecule has 1 heterocycles. The van der Waals surface area contributed by atoms with Crippen molar-refractivity contribution in [1.29, 1.82) is 0 Å². The second-order valence-corrected chi connectivity index (χ2v) is 12.3. The zero-order valence-corrected chi connectivity index (χ0v) is 23.2. The SMILES string of the molecule is O=C(Cc1ccc([N+](=O)[O-])cc1)N1CCN(S(=O)(=O)c2cc([N+](=O)[O-])ccc2Sc2cc(Cl)ccc2Cl)CC1. The summed E-state index contributed by atoms with van der Waals surface area (Å²) in [6, 6.07) is 14.0. The van der Waals surface area contributed by atoms with Crippen LogP contribution in [0.2, 0.25) is 10.0 Å². The van der Waals surface area contributed by atoms with Gasteiger partial charge in [0, 0.05) is 65.3 Å². The summed E-state index contributed by atoms with van der Waals surface area (Å²) in [6.45, 7) is 0.198. The lowest BCUT2D eigenvalue weighted by Crippen LogP contribution is -2.50. The van der Waals surface area contributed by atoms with Crippen LogP contribution in [0.4, 0.5) is 11.4 Å². The smallest absolute Gasteiger partial charge is 0.270 e. The van der Waals surface area contributed by atoms with Crippen LogP contribution in [-0.2, 0) is 21.2 Å². The number of nitro benzene ring substituents is 2.